The fraction of sp³-hybridized carbons (Fsp3) is 0.667. The highest BCUT2D eigenvalue weighted by atomic mass is 32.2. The fourth-order valence-corrected chi connectivity index (χ4v) is 1.43. The van der Waals surface area contributed by atoms with Crippen LogP contribution in [0.3, 0.4) is 0 Å². The standard InChI is InChI=1S/C12H22N4S/c1-8(2)11-15-9(13)6-10(16-11)14-7-12(3,4)17-5/h6,8H,7H2,1-5H3,(H3,13,14,15,16). The van der Waals surface area contributed by atoms with Crippen LogP contribution >= 0.6 is 11.8 Å². The van der Waals surface area contributed by atoms with Gasteiger partial charge in [0.2, 0.25) is 0 Å². The van der Waals surface area contributed by atoms with E-state index in [-0.39, 0.29) is 10.7 Å². The summed E-state index contributed by atoms with van der Waals surface area (Å²) in [5.74, 6) is 2.40. The zero-order chi connectivity index (χ0) is 13.1. The van der Waals surface area contributed by atoms with Crippen molar-refractivity contribution in [1.29, 1.82) is 0 Å². The molecule has 0 amide bonds. The molecule has 0 saturated heterocycles. The maximum Gasteiger partial charge on any atom is 0.135 e. The average Bonchev–Trinajstić information content (AvgIpc) is 2.26. The Morgan fingerprint density at radius 3 is 2.59 bits per heavy atom. The minimum absolute atomic E-state index is 0.178. The maximum atomic E-state index is 5.77. The molecule has 0 radical (unpaired) electrons. The van der Waals surface area contributed by atoms with E-state index in [0.29, 0.717) is 5.82 Å². The number of nitrogens with zero attached hydrogens (tertiary/aromatic N) is 2. The van der Waals surface area contributed by atoms with Gasteiger partial charge in [0, 0.05) is 23.3 Å². The van der Waals surface area contributed by atoms with Crippen molar-refractivity contribution in [2.24, 2.45) is 0 Å². The molecule has 5 heteroatoms. The lowest BCUT2D eigenvalue weighted by atomic mass is 10.2. The quantitative estimate of drug-likeness (QED) is 0.846. The van der Waals surface area contributed by atoms with Crippen LogP contribution in [0.15, 0.2) is 6.07 Å². The van der Waals surface area contributed by atoms with Crippen molar-refractivity contribution in [2.75, 3.05) is 23.9 Å². The first-order valence-corrected chi connectivity index (χ1v) is 7.00. The lowest BCUT2D eigenvalue weighted by Crippen LogP contribution is -2.26. The second-order valence-electron chi connectivity index (χ2n) is 5.01. The van der Waals surface area contributed by atoms with Crippen LogP contribution in [0.1, 0.15) is 39.4 Å². The van der Waals surface area contributed by atoms with Crippen LogP contribution in [-0.2, 0) is 0 Å². The van der Waals surface area contributed by atoms with Crippen molar-refractivity contribution in [3.8, 4) is 0 Å². The molecule has 0 aliphatic rings. The molecule has 0 saturated carbocycles. The van der Waals surface area contributed by atoms with E-state index >= 15 is 0 Å². The molecular weight excluding hydrogens is 232 g/mol. The molecule has 96 valence electrons. The zero-order valence-electron chi connectivity index (χ0n) is 11.2. The Labute approximate surface area is 108 Å². The van der Waals surface area contributed by atoms with Gasteiger partial charge in [0.05, 0.1) is 0 Å². The summed E-state index contributed by atoms with van der Waals surface area (Å²) >= 11 is 1.82. The van der Waals surface area contributed by atoms with Crippen LogP contribution < -0.4 is 11.1 Å². The van der Waals surface area contributed by atoms with Crippen LogP contribution in [-0.4, -0.2) is 27.5 Å². The van der Waals surface area contributed by atoms with Gasteiger partial charge in [0.1, 0.15) is 17.5 Å². The molecular formula is C12H22N4S. The number of hydrogen-bond donors (Lipinski definition) is 2. The summed E-state index contributed by atoms with van der Waals surface area (Å²) in [5.41, 5.74) is 5.77. The Hall–Kier alpha value is -0.970. The van der Waals surface area contributed by atoms with E-state index < -0.39 is 0 Å². The average molecular weight is 254 g/mol. The zero-order valence-corrected chi connectivity index (χ0v) is 12.1. The smallest absolute Gasteiger partial charge is 0.135 e. The van der Waals surface area contributed by atoms with E-state index in [4.69, 9.17) is 5.73 Å². The van der Waals surface area contributed by atoms with Gasteiger partial charge < -0.3 is 11.1 Å². The summed E-state index contributed by atoms with van der Waals surface area (Å²) in [6.45, 7) is 9.36. The van der Waals surface area contributed by atoms with Gasteiger partial charge in [0.25, 0.3) is 0 Å². The van der Waals surface area contributed by atoms with E-state index in [1.807, 2.05) is 11.8 Å². The van der Waals surface area contributed by atoms with Gasteiger partial charge in [-0.05, 0) is 20.1 Å². The van der Waals surface area contributed by atoms with Gasteiger partial charge in [0.15, 0.2) is 0 Å². The number of rotatable bonds is 5. The number of anilines is 2. The van der Waals surface area contributed by atoms with Gasteiger partial charge in [-0.1, -0.05) is 13.8 Å². The molecule has 4 nitrogen and oxygen atoms in total. The summed E-state index contributed by atoms with van der Waals surface area (Å²) < 4.78 is 0.178. The predicted octanol–water partition coefficient (Wildman–Crippen LogP) is 2.74. The van der Waals surface area contributed by atoms with Gasteiger partial charge in [-0.25, -0.2) is 9.97 Å². The molecule has 0 spiro atoms. The molecule has 1 heterocycles. The highest BCUT2D eigenvalue weighted by Gasteiger charge is 2.16. The number of nitrogen functional groups attached to an aromatic ring is 1. The molecule has 0 aromatic carbocycles. The molecule has 0 bridgehead atoms. The minimum atomic E-state index is 0.178. The first-order chi connectivity index (χ1) is 7.84. The third-order valence-corrected chi connectivity index (χ3v) is 3.78. The lowest BCUT2D eigenvalue weighted by molar-refractivity contribution is 0.741. The van der Waals surface area contributed by atoms with Gasteiger partial charge in [-0.2, -0.15) is 11.8 Å². The second-order valence-corrected chi connectivity index (χ2v) is 6.52. The van der Waals surface area contributed by atoms with Crippen LogP contribution in [0.4, 0.5) is 11.6 Å². The summed E-state index contributed by atoms with van der Waals surface area (Å²) in [4.78, 5) is 8.68. The van der Waals surface area contributed by atoms with Gasteiger partial charge in [-0.3, -0.25) is 0 Å². The number of aromatic nitrogens is 2. The van der Waals surface area contributed by atoms with Gasteiger partial charge >= 0.3 is 0 Å². The highest BCUT2D eigenvalue weighted by molar-refractivity contribution is 7.99. The Morgan fingerprint density at radius 2 is 2.06 bits per heavy atom. The van der Waals surface area contributed by atoms with Gasteiger partial charge in [-0.15, -0.1) is 0 Å². The summed E-state index contributed by atoms with van der Waals surface area (Å²) in [6, 6.07) is 1.78. The lowest BCUT2D eigenvalue weighted by Gasteiger charge is -2.22. The normalized spacial score (nSPS) is 11.9. The molecule has 1 aromatic rings. The van der Waals surface area contributed by atoms with Crippen molar-refractivity contribution in [1.82, 2.24) is 9.97 Å². The number of nitrogens with one attached hydrogen (secondary N) is 1. The molecule has 0 aliphatic carbocycles. The third kappa shape index (κ3) is 4.42. The molecule has 0 fully saturated rings. The van der Waals surface area contributed by atoms with Crippen molar-refractivity contribution < 1.29 is 0 Å². The molecule has 0 unspecified atom stereocenters. The predicted molar refractivity (Wildman–Crippen MR) is 76.6 cm³/mol. The largest absolute Gasteiger partial charge is 0.384 e. The highest BCUT2D eigenvalue weighted by Crippen LogP contribution is 2.22. The maximum absolute atomic E-state index is 5.77. The Balaban J connectivity index is 2.78. The number of hydrogen-bond acceptors (Lipinski definition) is 5. The number of nitrogens with two attached hydrogens (primary N) is 1. The monoisotopic (exact) mass is 254 g/mol. The van der Waals surface area contributed by atoms with Crippen LogP contribution in [0.2, 0.25) is 0 Å². The van der Waals surface area contributed by atoms with E-state index in [1.54, 1.807) is 6.07 Å². The first kappa shape index (κ1) is 14.1. The summed E-state index contributed by atoms with van der Waals surface area (Å²) in [5, 5.41) is 3.32. The van der Waals surface area contributed by atoms with Crippen LogP contribution in [0, 0.1) is 0 Å². The van der Waals surface area contributed by atoms with E-state index in [0.717, 1.165) is 18.2 Å². The SMILES string of the molecule is CSC(C)(C)CNc1cc(N)nc(C(C)C)n1. The Morgan fingerprint density at radius 1 is 1.41 bits per heavy atom. The van der Waals surface area contributed by atoms with Crippen LogP contribution in [0.25, 0.3) is 0 Å². The van der Waals surface area contributed by atoms with E-state index in [9.17, 15) is 0 Å². The molecule has 17 heavy (non-hydrogen) atoms. The van der Waals surface area contributed by atoms with E-state index in [2.05, 4.69) is 49.2 Å². The van der Waals surface area contributed by atoms with Crippen molar-refractivity contribution in [3.05, 3.63) is 11.9 Å². The van der Waals surface area contributed by atoms with Crippen molar-refractivity contribution >= 4 is 23.4 Å². The number of thioether (sulfide) groups is 1. The summed E-state index contributed by atoms with van der Waals surface area (Å²) in [7, 11) is 0. The first-order valence-electron chi connectivity index (χ1n) is 5.77. The van der Waals surface area contributed by atoms with Crippen molar-refractivity contribution in [2.45, 2.75) is 38.4 Å². The molecule has 1 rings (SSSR count). The van der Waals surface area contributed by atoms with E-state index in [1.165, 1.54) is 0 Å². The molecule has 3 N–H and O–H groups in total. The Kier molecular flexibility index (Phi) is 4.62. The molecule has 1 aromatic heterocycles. The second kappa shape index (κ2) is 5.58. The summed E-state index contributed by atoms with van der Waals surface area (Å²) in [6.07, 6.45) is 2.11. The third-order valence-electron chi connectivity index (χ3n) is 2.53. The van der Waals surface area contributed by atoms with Crippen LogP contribution in [0.5, 0.6) is 0 Å². The fourth-order valence-electron chi connectivity index (χ4n) is 1.21. The van der Waals surface area contributed by atoms with Crippen molar-refractivity contribution in [3.63, 3.8) is 0 Å². The Bertz CT molecular complexity index is 377. The molecule has 0 aliphatic heterocycles. The minimum Gasteiger partial charge on any atom is -0.384 e. The topological polar surface area (TPSA) is 63.8 Å². The molecule has 0 atom stereocenters.